The van der Waals surface area contributed by atoms with Crippen LogP contribution < -0.4 is 5.32 Å². The Morgan fingerprint density at radius 2 is 1.54 bits per heavy atom. The minimum Gasteiger partial charge on any atom is -0.349 e. The highest BCUT2D eigenvalue weighted by molar-refractivity contribution is 5.81. The molecule has 1 N–H and O–H groups in total. The second-order valence-electron chi connectivity index (χ2n) is 13.2. The second kappa shape index (κ2) is 11.8. The number of hydrogen-bond donors (Lipinski definition) is 1. The van der Waals surface area contributed by atoms with E-state index >= 15 is 0 Å². The smallest absolute Gasteiger partial charge is 0.227 e. The minimum atomic E-state index is -0.626. The molecule has 41 heavy (non-hydrogen) atoms. The second-order valence-corrected chi connectivity index (χ2v) is 13.2. The number of carbonyl (C=O) groups excluding carboxylic acids is 2. The van der Waals surface area contributed by atoms with Crippen LogP contribution in [0.3, 0.4) is 0 Å². The summed E-state index contributed by atoms with van der Waals surface area (Å²) < 4.78 is 42.9. The zero-order valence-electron chi connectivity index (χ0n) is 24.6. The Labute approximate surface area is 241 Å². The molecule has 0 radical (unpaired) electrons. The molecule has 1 saturated carbocycles. The SMILES string of the molecule is CC(NC(=O)C1CCC1)c1cc(F)ccc1C1CCN(C(=O)[C@@H]2CN(C(C)(C)C)CC2c2ccc(F)cc2F)CC1. The molecule has 2 heterocycles. The van der Waals surface area contributed by atoms with Gasteiger partial charge in [-0.05, 0) is 94.2 Å². The van der Waals surface area contributed by atoms with E-state index in [4.69, 9.17) is 0 Å². The number of rotatable bonds is 6. The quantitative estimate of drug-likeness (QED) is 0.444. The van der Waals surface area contributed by atoms with Gasteiger partial charge in [-0.3, -0.25) is 14.5 Å². The van der Waals surface area contributed by atoms with Gasteiger partial charge >= 0.3 is 0 Å². The van der Waals surface area contributed by atoms with Crippen molar-refractivity contribution in [2.45, 2.75) is 83.2 Å². The maximum atomic E-state index is 14.9. The molecular formula is C33H42F3N3O2. The summed E-state index contributed by atoms with van der Waals surface area (Å²) in [5.41, 5.74) is 2.01. The lowest BCUT2D eigenvalue weighted by molar-refractivity contribution is -0.136. The summed E-state index contributed by atoms with van der Waals surface area (Å²) in [6, 6.07) is 8.17. The fraction of sp³-hybridized carbons (Fsp3) is 0.576. The molecule has 8 heteroatoms. The Hall–Kier alpha value is -2.87. The van der Waals surface area contributed by atoms with Crippen LogP contribution in [0.2, 0.25) is 0 Å². The summed E-state index contributed by atoms with van der Waals surface area (Å²) in [5.74, 6) is -2.11. The molecule has 2 aromatic carbocycles. The Kier molecular flexibility index (Phi) is 8.51. The first-order chi connectivity index (χ1) is 19.4. The largest absolute Gasteiger partial charge is 0.349 e. The van der Waals surface area contributed by atoms with Crippen molar-refractivity contribution in [3.05, 3.63) is 70.5 Å². The van der Waals surface area contributed by atoms with Crippen LogP contribution in [0, 0.1) is 29.3 Å². The molecule has 5 nitrogen and oxygen atoms in total. The summed E-state index contributed by atoms with van der Waals surface area (Å²) in [5, 5.41) is 3.08. The van der Waals surface area contributed by atoms with Crippen molar-refractivity contribution in [2.24, 2.45) is 11.8 Å². The van der Waals surface area contributed by atoms with Gasteiger partial charge < -0.3 is 10.2 Å². The van der Waals surface area contributed by atoms with E-state index in [1.807, 2.05) is 17.9 Å². The summed E-state index contributed by atoms with van der Waals surface area (Å²) in [7, 11) is 0. The number of nitrogens with zero attached hydrogens (tertiary/aromatic N) is 2. The molecule has 2 aromatic rings. The average molecular weight is 570 g/mol. The third-order valence-corrected chi connectivity index (χ3v) is 9.54. The van der Waals surface area contributed by atoms with Crippen LogP contribution in [0.15, 0.2) is 36.4 Å². The minimum absolute atomic E-state index is 0.00406. The lowest BCUT2D eigenvalue weighted by Crippen LogP contribution is -2.44. The lowest BCUT2D eigenvalue weighted by atomic mass is 9.82. The van der Waals surface area contributed by atoms with Gasteiger partial charge in [-0.25, -0.2) is 13.2 Å². The highest BCUT2D eigenvalue weighted by atomic mass is 19.1. The Bertz CT molecular complexity index is 1280. The Morgan fingerprint density at radius 3 is 2.12 bits per heavy atom. The van der Waals surface area contributed by atoms with E-state index in [0.29, 0.717) is 31.7 Å². The van der Waals surface area contributed by atoms with Gasteiger partial charge in [0.1, 0.15) is 17.5 Å². The molecule has 0 aromatic heterocycles. The molecule has 3 atom stereocenters. The van der Waals surface area contributed by atoms with Gasteiger partial charge in [-0.2, -0.15) is 0 Å². The number of nitrogens with one attached hydrogen (secondary N) is 1. The van der Waals surface area contributed by atoms with Gasteiger partial charge in [0.25, 0.3) is 0 Å². The monoisotopic (exact) mass is 569 g/mol. The summed E-state index contributed by atoms with van der Waals surface area (Å²) in [4.78, 5) is 30.6. The predicted octanol–water partition coefficient (Wildman–Crippen LogP) is 6.30. The van der Waals surface area contributed by atoms with Crippen LogP contribution in [0.4, 0.5) is 13.2 Å². The van der Waals surface area contributed by atoms with Crippen LogP contribution in [-0.2, 0) is 9.59 Å². The molecule has 3 fully saturated rings. The number of benzene rings is 2. The third kappa shape index (κ3) is 6.32. The Morgan fingerprint density at radius 1 is 0.902 bits per heavy atom. The van der Waals surface area contributed by atoms with Crippen LogP contribution >= 0.6 is 0 Å². The van der Waals surface area contributed by atoms with Gasteiger partial charge in [0.15, 0.2) is 0 Å². The summed E-state index contributed by atoms with van der Waals surface area (Å²) in [6.07, 6.45) is 4.33. The van der Waals surface area contributed by atoms with Crippen molar-refractivity contribution in [3.8, 4) is 0 Å². The molecule has 2 aliphatic heterocycles. The van der Waals surface area contributed by atoms with E-state index in [2.05, 4.69) is 31.0 Å². The number of likely N-dealkylation sites (tertiary alicyclic amines) is 2. The highest BCUT2D eigenvalue weighted by Crippen LogP contribution is 2.40. The average Bonchev–Trinajstić information content (AvgIpc) is 3.33. The first-order valence-electron chi connectivity index (χ1n) is 15.0. The zero-order valence-corrected chi connectivity index (χ0v) is 24.6. The van der Waals surface area contributed by atoms with Crippen LogP contribution in [0.5, 0.6) is 0 Å². The molecule has 0 spiro atoms. The van der Waals surface area contributed by atoms with E-state index in [-0.39, 0.29) is 47.0 Å². The van der Waals surface area contributed by atoms with E-state index < -0.39 is 17.6 Å². The van der Waals surface area contributed by atoms with Crippen molar-refractivity contribution in [2.75, 3.05) is 26.2 Å². The zero-order chi connectivity index (χ0) is 29.5. The molecule has 222 valence electrons. The molecule has 2 unspecified atom stereocenters. The number of halogens is 3. The molecule has 0 bridgehead atoms. The van der Waals surface area contributed by atoms with Crippen LogP contribution in [-0.4, -0.2) is 53.3 Å². The summed E-state index contributed by atoms with van der Waals surface area (Å²) in [6.45, 7) is 10.3. The molecule has 2 amide bonds. The number of piperidine rings is 1. The highest BCUT2D eigenvalue weighted by Gasteiger charge is 2.45. The normalized spacial score (nSPS) is 23.3. The van der Waals surface area contributed by atoms with E-state index in [1.165, 1.54) is 24.3 Å². The van der Waals surface area contributed by atoms with Gasteiger partial charge in [-0.15, -0.1) is 0 Å². The molecule has 2 saturated heterocycles. The Balaban J connectivity index is 1.29. The van der Waals surface area contributed by atoms with E-state index in [9.17, 15) is 22.8 Å². The van der Waals surface area contributed by atoms with Crippen molar-refractivity contribution in [3.63, 3.8) is 0 Å². The first kappa shape index (κ1) is 29.6. The topological polar surface area (TPSA) is 52.7 Å². The molecular weight excluding hydrogens is 527 g/mol. The molecule has 5 rings (SSSR count). The maximum Gasteiger partial charge on any atom is 0.227 e. The van der Waals surface area contributed by atoms with Crippen LogP contribution in [0.25, 0.3) is 0 Å². The number of carbonyl (C=O) groups is 2. The number of hydrogen-bond acceptors (Lipinski definition) is 3. The van der Waals surface area contributed by atoms with Crippen molar-refractivity contribution >= 4 is 11.8 Å². The standard InChI is InChI=1S/C33H42F3N3O2/c1-20(37-31(40)22-6-5-7-22)27-16-23(34)8-10-25(27)21-12-14-38(15-13-21)32(41)29-19-39(33(2,3)4)18-28(29)26-11-9-24(35)17-30(26)36/h8-11,16-17,20-22,28-29H,5-7,12-15,18-19H2,1-4H3,(H,37,40)/t20?,28?,29-/m1/s1. The lowest BCUT2D eigenvalue weighted by Gasteiger charge is -2.36. The number of amides is 2. The first-order valence-corrected chi connectivity index (χ1v) is 15.0. The predicted molar refractivity (Wildman–Crippen MR) is 153 cm³/mol. The van der Waals surface area contributed by atoms with Gasteiger partial charge in [0.05, 0.1) is 12.0 Å². The molecule has 1 aliphatic carbocycles. The van der Waals surface area contributed by atoms with Gasteiger partial charge in [0, 0.05) is 49.6 Å². The summed E-state index contributed by atoms with van der Waals surface area (Å²) >= 11 is 0. The van der Waals surface area contributed by atoms with Crippen molar-refractivity contribution < 1.29 is 22.8 Å². The van der Waals surface area contributed by atoms with E-state index in [1.54, 1.807) is 0 Å². The third-order valence-electron chi connectivity index (χ3n) is 9.54. The van der Waals surface area contributed by atoms with Crippen molar-refractivity contribution in [1.29, 1.82) is 0 Å². The maximum absolute atomic E-state index is 14.9. The fourth-order valence-corrected chi connectivity index (χ4v) is 6.74. The van der Waals surface area contributed by atoms with Gasteiger partial charge in [0.2, 0.25) is 11.8 Å². The molecule has 3 aliphatic rings. The fourth-order valence-electron chi connectivity index (χ4n) is 6.74. The van der Waals surface area contributed by atoms with Crippen molar-refractivity contribution in [1.82, 2.24) is 15.1 Å². The van der Waals surface area contributed by atoms with E-state index in [0.717, 1.165) is 49.3 Å². The van der Waals surface area contributed by atoms with Gasteiger partial charge in [-0.1, -0.05) is 18.6 Å². The van der Waals surface area contributed by atoms with Crippen LogP contribution in [0.1, 0.15) is 94.4 Å².